The summed E-state index contributed by atoms with van der Waals surface area (Å²) >= 11 is 6.06. The maximum absolute atomic E-state index is 6.06. The molecule has 2 aromatic rings. The second-order valence-corrected chi connectivity index (χ2v) is 6.00. The fourth-order valence-corrected chi connectivity index (χ4v) is 3.14. The van der Waals surface area contributed by atoms with E-state index in [4.69, 9.17) is 16.3 Å². The molecule has 1 aliphatic heterocycles. The zero-order chi connectivity index (χ0) is 15.4. The van der Waals surface area contributed by atoms with Crippen molar-refractivity contribution in [2.24, 2.45) is 0 Å². The van der Waals surface area contributed by atoms with Crippen LogP contribution in [0.5, 0.6) is 5.75 Å². The molecule has 2 aromatic carbocycles. The fourth-order valence-electron chi connectivity index (χ4n) is 2.93. The third kappa shape index (κ3) is 3.54. The Bertz CT molecular complexity index is 624. The number of rotatable bonds is 4. The Morgan fingerprint density at radius 2 is 1.77 bits per heavy atom. The number of piperazine rings is 1. The highest BCUT2D eigenvalue weighted by Crippen LogP contribution is 2.28. The first-order valence-electron chi connectivity index (χ1n) is 7.61. The van der Waals surface area contributed by atoms with Gasteiger partial charge < -0.3 is 9.64 Å². The summed E-state index contributed by atoms with van der Waals surface area (Å²) in [5.74, 6) is 0.950. The van der Waals surface area contributed by atoms with E-state index in [1.54, 1.807) is 7.11 Å². The predicted octanol–water partition coefficient (Wildman–Crippen LogP) is 3.67. The Kier molecular flexibility index (Phi) is 4.86. The molecule has 0 aliphatic carbocycles. The number of methoxy groups -OCH3 is 1. The first-order valence-corrected chi connectivity index (χ1v) is 7.99. The fraction of sp³-hybridized carbons (Fsp3) is 0.333. The van der Waals surface area contributed by atoms with Crippen LogP contribution in [0.1, 0.15) is 5.56 Å². The van der Waals surface area contributed by atoms with Gasteiger partial charge in [-0.3, -0.25) is 4.90 Å². The molecule has 1 saturated heterocycles. The van der Waals surface area contributed by atoms with Gasteiger partial charge in [0, 0.05) is 37.7 Å². The van der Waals surface area contributed by atoms with Crippen molar-refractivity contribution in [3.63, 3.8) is 0 Å². The lowest BCUT2D eigenvalue weighted by molar-refractivity contribution is 0.249. The van der Waals surface area contributed by atoms with Crippen LogP contribution in [0.3, 0.4) is 0 Å². The van der Waals surface area contributed by atoms with Crippen LogP contribution in [0.4, 0.5) is 5.69 Å². The molecule has 1 aliphatic rings. The van der Waals surface area contributed by atoms with Gasteiger partial charge in [-0.05, 0) is 29.8 Å². The third-order valence-corrected chi connectivity index (χ3v) is 4.33. The maximum Gasteiger partial charge on any atom is 0.142 e. The summed E-state index contributed by atoms with van der Waals surface area (Å²) < 4.78 is 5.46. The summed E-state index contributed by atoms with van der Waals surface area (Å²) in [6.45, 7) is 5.08. The molecule has 3 rings (SSSR count). The Morgan fingerprint density at radius 1 is 1.00 bits per heavy atom. The Labute approximate surface area is 137 Å². The number of halogens is 1. The van der Waals surface area contributed by atoms with Crippen LogP contribution in [0.25, 0.3) is 0 Å². The Hall–Kier alpha value is -1.71. The normalized spacial score (nSPS) is 15.8. The molecule has 22 heavy (non-hydrogen) atoms. The molecule has 0 N–H and O–H groups in total. The summed E-state index contributed by atoms with van der Waals surface area (Å²) in [5, 5.41) is 0.810. The Balaban J connectivity index is 1.60. The van der Waals surface area contributed by atoms with Gasteiger partial charge in [0.2, 0.25) is 0 Å². The zero-order valence-corrected chi connectivity index (χ0v) is 13.6. The van der Waals surface area contributed by atoms with E-state index >= 15 is 0 Å². The van der Waals surface area contributed by atoms with E-state index in [2.05, 4.69) is 28.0 Å². The topological polar surface area (TPSA) is 15.7 Å². The Morgan fingerprint density at radius 3 is 2.50 bits per heavy atom. The minimum absolute atomic E-state index is 0.810. The van der Waals surface area contributed by atoms with E-state index in [0.717, 1.165) is 43.5 Å². The van der Waals surface area contributed by atoms with E-state index in [1.807, 2.05) is 30.3 Å². The van der Waals surface area contributed by atoms with Crippen molar-refractivity contribution in [2.45, 2.75) is 6.54 Å². The van der Waals surface area contributed by atoms with Gasteiger partial charge in [-0.25, -0.2) is 0 Å². The average molecular weight is 317 g/mol. The van der Waals surface area contributed by atoms with E-state index in [-0.39, 0.29) is 0 Å². The number of anilines is 1. The third-order valence-electron chi connectivity index (χ3n) is 4.09. The molecule has 0 aromatic heterocycles. The largest absolute Gasteiger partial charge is 0.495 e. The van der Waals surface area contributed by atoms with Gasteiger partial charge in [0.15, 0.2) is 0 Å². The van der Waals surface area contributed by atoms with Gasteiger partial charge in [0.25, 0.3) is 0 Å². The molecule has 0 atom stereocenters. The monoisotopic (exact) mass is 316 g/mol. The highest BCUT2D eigenvalue weighted by atomic mass is 35.5. The molecule has 0 unspecified atom stereocenters. The molecule has 0 bridgehead atoms. The lowest BCUT2D eigenvalue weighted by atomic mass is 10.2. The molecule has 4 heteroatoms. The summed E-state index contributed by atoms with van der Waals surface area (Å²) in [7, 11) is 1.73. The molecular formula is C18H21ClN2O. The summed E-state index contributed by atoms with van der Waals surface area (Å²) in [5.41, 5.74) is 2.46. The molecule has 0 saturated carbocycles. The van der Waals surface area contributed by atoms with Gasteiger partial charge in [-0.1, -0.05) is 35.9 Å². The molecule has 1 fully saturated rings. The van der Waals surface area contributed by atoms with Gasteiger partial charge in [0.1, 0.15) is 5.75 Å². The highest BCUT2D eigenvalue weighted by molar-refractivity contribution is 6.30. The molecular weight excluding hydrogens is 296 g/mol. The molecule has 116 valence electrons. The van der Waals surface area contributed by atoms with Crippen LogP contribution in [-0.2, 0) is 6.54 Å². The molecule has 0 spiro atoms. The van der Waals surface area contributed by atoms with Gasteiger partial charge >= 0.3 is 0 Å². The summed E-state index contributed by atoms with van der Waals surface area (Å²) in [4.78, 5) is 4.87. The quantitative estimate of drug-likeness (QED) is 0.856. The minimum Gasteiger partial charge on any atom is -0.495 e. The van der Waals surface area contributed by atoms with Crippen molar-refractivity contribution in [2.75, 3.05) is 38.2 Å². The molecule has 0 radical (unpaired) electrons. The van der Waals surface area contributed by atoms with Crippen LogP contribution in [0, 0.1) is 0 Å². The first kappa shape index (κ1) is 15.2. The lowest BCUT2D eigenvalue weighted by Crippen LogP contribution is -2.46. The predicted molar refractivity (Wildman–Crippen MR) is 91.9 cm³/mol. The SMILES string of the molecule is COc1ccccc1N1CCN(Cc2cccc(Cl)c2)CC1. The van der Waals surface area contributed by atoms with E-state index in [0.29, 0.717) is 0 Å². The zero-order valence-electron chi connectivity index (χ0n) is 12.8. The van der Waals surface area contributed by atoms with Crippen molar-refractivity contribution < 1.29 is 4.74 Å². The van der Waals surface area contributed by atoms with Crippen molar-refractivity contribution in [1.29, 1.82) is 0 Å². The van der Waals surface area contributed by atoms with Crippen LogP contribution in [0.2, 0.25) is 5.02 Å². The molecule has 3 nitrogen and oxygen atoms in total. The molecule has 1 heterocycles. The second kappa shape index (κ2) is 7.03. The van der Waals surface area contributed by atoms with Crippen LogP contribution >= 0.6 is 11.6 Å². The number of hydrogen-bond acceptors (Lipinski definition) is 3. The smallest absolute Gasteiger partial charge is 0.142 e. The van der Waals surface area contributed by atoms with Crippen LogP contribution in [-0.4, -0.2) is 38.2 Å². The lowest BCUT2D eigenvalue weighted by Gasteiger charge is -2.36. The van der Waals surface area contributed by atoms with Crippen LogP contribution < -0.4 is 9.64 Å². The van der Waals surface area contributed by atoms with Crippen molar-refractivity contribution in [3.8, 4) is 5.75 Å². The first-order chi connectivity index (χ1) is 10.8. The van der Waals surface area contributed by atoms with Crippen molar-refractivity contribution in [3.05, 3.63) is 59.1 Å². The summed E-state index contributed by atoms with van der Waals surface area (Å²) in [6.07, 6.45) is 0. The van der Waals surface area contributed by atoms with Gasteiger partial charge in [-0.2, -0.15) is 0 Å². The van der Waals surface area contributed by atoms with E-state index < -0.39 is 0 Å². The number of ether oxygens (including phenoxy) is 1. The van der Waals surface area contributed by atoms with Crippen molar-refractivity contribution in [1.82, 2.24) is 4.90 Å². The summed E-state index contributed by atoms with van der Waals surface area (Å²) in [6, 6.07) is 16.4. The van der Waals surface area contributed by atoms with E-state index in [1.165, 1.54) is 11.3 Å². The number of benzene rings is 2. The number of hydrogen-bond donors (Lipinski definition) is 0. The number of para-hydroxylation sites is 2. The van der Waals surface area contributed by atoms with Crippen molar-refractivity contribution >= 4 is 17.3 Å². The van der Waals surface area contributed by atoms with E-state index in [9.17, 15) is 0 Å². The van der Waals surface area contributed by atoms with Gasteiger partial charge in [0.05, 0.1) is 12.8 Å². The average Bonchev–Trinajstić information content (AvgIpc) is 2.56. The standard InChI is InChI=1S/C18H21ClN2O/c1-22-18-8-3-2-7-17(18)21-11-9-20(10-12-21)14-15-5-4-6-16(19)13-15/h2-8,13H,9-12,14H2,1H3. The van der Waals surface area contributed by atoms with Crippen LogP contribution in [0.15, 0.2) is 48.5 Å². The number of nitrogens with zero attached hydrogens (tertiary/aromatic N) is 2. The molecule has 0 amide bonds. The minimum atomic E-state index is 0.810. The van der Waals surface area contributed by atoms with Gasteiger partial charge in [-0.15, -0.1) is 0 Å². The highest BCUT2D eigenvalue weighted by Gasteiger charge is 2.19. The second-order valence-electron chi connectivity index (χ2n) is 5.56. The maximum atomic E-state index is 6.06.